The summed E-state index contributed by atoms with van der Waals surface area (Å²) in [5.41, 5.74) is 28.6. The second-order valence-electron chi connectivity index (χ2n) is 23.3. The highest BCUT2D eigenvalue weighted by Crippen LogP contribution is 2.14. The van der Waals surface area contributed by atoms with Crippen LogP contribution in [0, 0.1) is 17.8 Å². The summed E-state index contributed by atoms with van der Waals surface area (Å²) in [5.74, 6) is -16.6. The lowest BCUT2D eigenvalue weighted by atomic mass is 9.99. The maximum Gasteiger partial charge on any atom is 0.326 e. The zero-order chi connectivity index (χ0) is 69.1. The third-order valence-corrected chi connectivity index (χ3v) is 13.7. The number of amides is 10. The fourth-order valence-electron chi connectivity index (χ4n) is 9.04. The predicted molar refractivity (Wildman–Crippen MR) is 329 cm³/mol. The predicted octanol–water partition coefficient (Wildman–Crippen LogP) is -3.21. The van der Waals surface area contributed by atoms with Crippen LogP contribution in [0.1, 0.15) is 143 Å². The average molecular weight is 1290 g/mol. The summed E-state index contributed by atoms with van der Waals surface area (Å²) in [6.07, 6.45) is -4.31. The number of aliphatic carboxylic acids is 4. The Hall–Kier alpha value is -9.01. The van der Waals surface area contributed by atoms with Gasteiger partial charge in [0.2, 0.25) is 59.1 Å². The van der Waals surface area contributed by atoms with Crippen molar-refractivity contribution in [2.45, 2.75) is 205 Å². The Morgan fingerprint density at radius 3 is 1.16 bits per heavy atom. The maximum atomic E-state index is 14.6. The Morgan fingerprint density at radius 2 is 0.758 bits per heavy atom. The van der Waals surface area contributed by atoms with Crippen molar-refractivity contribution in [1.82, 2.24) is 47.9 Å². The molecule has 0 aliphatic carbocycles. The Labute approximate surface area is 527 Å². The van der Waals surface area contributed by atoms with Gasteiger partial charge in [-0.2, -0.15) is 0 Å². The van der Waals surface area contributed by atoms with Gasteiger partial charge < -0.3 is 96.9 Å². The van der Waals surface area contributed by atoms with Gasteiger partial charge in [-0.25, -0.2) is 4.79 Å². The molecule has 0 saturated carbocycles. The number of nitrogens with one attached hydrogen (secondary N) is 9. The number of carbonyl (C=O) groups is 14. The molecule has 0 bridgehead atoms. The monoisotopic (exact) mass is 1290 g/mol. The minimum atomic E-state index is -1.87. The van der Waals surface area contributed by atoms with Crippen LogP contribution in [0.2, 0.25) is 0 Å². The number of primary amides is 1. The molecule has 0 radical (unpaired) electrons. The summed E-state index contributed by atoms with van der Waals surface area (Å²) < 4.78 is 0. The van der Waals surface area contributed by atoms with Gasteiger partial charge in [-0.3, -0.25) is 67.3 Å². The molecule has 0 aliphatic heterocycles. The van der Waals surface area contributed by atoms with E-state index in [1.165, 1.54) is 0 Å². The van der Waals surface area contributed by atoms with Crippen LogP contribution in [0.3, 0.4) is 0 Å². The zero-order valence-corrected chi connectivity index (χ0v) is 52.5. The van der Waals surface area contributed by atoms with E-state index in [2.05, 4.69) is 52.8 Å². The number of nitrogens with two attached hydrogens (primary N) is 5. The molecule has 23 N–H and O–H groups in total. The van der Waals surface area contributed by atoms with Gasteiger partial charge in [0.1, 0.15) is 54.4 Å². The van der Waals surface area contributed by atoms with Gasteiger partial charge in [-0.1, -0.05) is 71.9 Å². The quantitative estimate of drug-likeness (QED) is 0.0174. The lowest BCUT2D eigenvalue weighted by molar-refractivity contribution is -0.143. The van der Waals surface area contributed by atoms with E-state index < -0.39 is 182 Å². The Balaban J connectivity index is 3.76. The second-order valence-corrected chi connectivity index (χ2v) is 23.3. The topological polar surface area (TPSA) is 571 Å². The van der Waals surface area contributed by atoms with E-state index >= 15 is 0 Å². The van der Waals surface area contributed by atoms with Crippen molar-refractivity contribution in [1.29, 1.82) is 0 Å². The Kier molecular flexibility index (Phi) is 37.0. The average Bonchev–Trinajstić information content (AvgIpc) is 1.80. The number of carbonyl (C=O) groups excluding carboxylic acids is 10. The molecule has 0 fully saturated rings. The van der Waals surface area contributed by atoms with Crippen LogP contribution in [0.5, 0.6) is 0 Å². The number of carboxylic acids is 4. The summed E-state index contributed by atoms with van der Waals surface area (Å²) in [7, 11) is 0. The van der Waals surface area contributed by atoms with E-state index in [4.69, 9.17) is 33.8 Å². The minimum absolute atomic E-state index is 0.00995. The Morgan fingerprint density at radius 1 is 0.418 bits per heavy atom. The molecule has 91 heavy (non-hydrogen) atoms. The maximum absolute atomic E-state index is 14.6. The lowest BCUT2D eigenvalue weighted by Gasteiger charge is -2.29. The number of carboxylic acid groups (broad SMARTS) is 4. The number of rotatable bonds is 46. The van der Waals surface area contributed by atoms with Gasteiger partial charge in [-0.05, 0) is 100 Å². The molecule has 0 heterocycles. The van der Waals surface area contributed by atoms with E-state index in [1.807, 2.05) is 0 Å². The number of nitrogens with zero attached hydrogens (tertiary/aromatic N) is 1. The van der Waals surface area contributed by atoms with Crippen LogP contribution in [0.25, 0.3) is 0 Å². The van der Waals surface area contributed by atoms with Crippen LogP contribution in [-0.4, -0.2) is 183 Å². The van der Waals surface area contributed by atoms with E-state index in [1.54, 1.807) is 71.9 Å². The van der Waals surface area contributed by atoms with Gasteiger partial charge in [-0.15, -0.1) is 0 Å². The van der Waals surface area contributed by atoms with Crippen molar-refractivity contribution in [2.24, 2.45) is 51.4 Å². The number of unbranched alkanes of at least 4 members (excludes halogenated alkanes) is 1. The molecular formula is C58H95N15O18. The first-order valence-corrected chi connectivity index (χ1v) is 30.1. The van der Waals surface area contributed by atoms with Crippen LogP contribution >= 0.6 is 0 Å². The molecule has 10 atom stereocenters. The van der Waals surface area contributed by atoms with Crippen molar-refractivity contribution in [3.8, 4) is 0 Å². The van der Waals surface area contributed by atoms with E-state index in [-0.39, 0.29) is 94.6 Å². The molecule has 0 saturated heterocycles. The first kappa shape index (κ1) is 80.0. The molecule has 0 unspecified atom stereocenters. The summed E-state index contributed by atoms with van der Waals surface area (Å²) in [5, 5.41) is 60.2. The molecule has 0 aliphatic rings. The molecule has 10 amide bonds. The molecular weight excluding hydrogens is 1190 g/mol. The van der Waals surface area contributed by atoms with Crippen molar-refractivity contribution in [3.63, 3.8) is 0 Å². The standard InChI is InChI=1S/C58H95N15O18/c1-30(2)25-39(53(86)68-38(19-22-47(79)80)52(85)69-40(26-31(3)4)54(87)73-43(57(90)91)27-32(5)6)70-55(88)41(28-33-13-8-7-9-14-33)71-56(89)42(29-44(61)74)72-50(83)35(15-10-11-23-59)66-49(82)36(16-12-24-64-58(62)63)67-51(84)37(18-21-46(77)78)65-48(81)34(60)17-20-45(75)76/h7-9,13-14,30-32,34-43H,10-12,15-29,59-60H2,1-6H3,(H2,61,74)(H,65,81)(H,66,82)(H,67,84)(H,68,86)(H,69,85)(H,70,88)(H,71,89)(H,72,83)(H,73,87)(H,75,76)(H,77,78)(H,79,80)(H,90,91)(H4,62,63,64)/t34-,35-,36-,37-,38-,39-,40-,41-,42-,43-/m0/s1. The lowest BCUT2D eigenvalue weighted by Crippen LogP contribution is -2.61. The largest absolute Gasteiger partial charge is 0.481 e. The van der Waals surface area contributed by atoms with E-state index in [0.717, 1.165) is 0 Å². The molecule has 1 aromatic carbocycles. The van der Waals surface area contributed by atoms with Gasteiger partial charge >= 0.3 is 23.9 Å². The SMILES string of the molecule is CC(C)C[C@H](NC(=O)[C@H](CC(C)C)NC(=O)[C@H](CCC(=O)O)NC(=O)[C@H](CC(C)C)NC(=O)[C@H](Cc1ccccc1)NC(=O)[C@H](CC(N)=O)NC(=O)[C@H](CCCCN)NC(=O)[C@H](CCCN=C(N)N)NC(=O)[C@H](CCC(=O)O)NC(=O)[C@@H](N)CCC(=O)O)C(=O)O. The first-order chi connectivity index (χ1) is 42.6. The van der Waals surface area contributed by atoms with E-state index in [0.29, 0.717) is 12.0 Å². The molecule has 0 spiro atoms. The highest BCUT2D eigenvalue weighted by molar-refractivity contribution is 5.99. The molecule has 510 valence electrons. The minimum Gasteiger partial charge on any atom is -0.481 e. The normalized spacial score (nSPS) is 14.4. The van der Waals surface area contributed by atoms with Gasteiger partial charge in [0.05, 0.1) is 12.5 Å². The third-order valence-electron chi connectivity index (χ3n) is 13.7. The van der Waals surface area contributed by atoms with Crippen molar-refractivity contribution >= 4 is 88.9 Å². The summed E-state index contributed by atoms with van der Waals surface area (Å²) >= 11 is 0. The number of aliphatic imine (C=N–C) groups is 1. The van der Waals surface area contributed by atoms with Crippen LogP contribution in [-0.2, 0) is 73.5 Å². The zero-order valence-electron chi connectivity index (χ0n) is 52.5. The molecule has 0 aromatic heterocycles. The summed E-state index contributed by atoms with van der Waals surface area (Å²) in [6.45, 7) is 10.4. The molecule has 1 rings (SSSR count). The number of benzene rings is 1. The van der Waals surface area contributed by atoms with Crippen LogP contribution in [0.4, 0.5) is 0 Å². The van der Waals surface area contributed by atoms with Crippen LogP contribution in [0.15, 0.2) is 35.3 Å². The number of hydrogen-bond donors (Lipinski definition) is 18. The summed E-state index contributed by atoms with van der Waals surface area (Å²) in [4.78, 5) is 189. The first-order valence-electron chi connectivity index (χ1n) is 30.1. The smallest absolute Gasteiger partial charge is 0.326 e. The van der Waals surface area contributed by atoms with Crippen molar-refractivity contribution in [2.75, 3.05) is 13.1 Å². The van der Waals surface area contributed by atoms with Gasteiger partial charge in [0, 0.05) is 32.2 Å². The number of guanidine groups is 1. The van der Waals surface area contributed by atoms with Gasteiger partial charge in [0.25, 0.3) is 0 Å². The summed E-state index contributed by atoms with van der Waals surface area (Å²) in [6, 6.07) is -7.29. The van der Waals surface area contributed by atoms with Gasteiger partial charge in [0.15, 0.2) is 5.96 Å². The van der Waals surface area contributed by atoms with E-state index in [9.17, 15) is 82.4 Å². The van der Waals surface area contributed by atoms with Crippen molar-refractivity contribution in [3.05, 3.63) is 35.9 Å². The number of hydrogen-bond acceptors (Lipinski definition) is 17. The third kappa shape index (κ3) is 34.0. The second kappa shape index (κ2) is 42.1. The Bertz CT molecular complexity index is 2660. The highest BCUT2D eigenvalue weighted by atomic mass is 16.4. The molecule has 33 nitrogen and oxygen atoms in total. The van der Waals surface area contributed by atoms with Crippen molar-refractivity contribution < 1.29 is 87.5 Å². The highest BCUT2D eigenvalue weighted by Gasteiger charge is 2.37. The molecule has 1 aromatic rings. The van der Waals surface area contributed by atoms with Crippen LogP contribution < -0.4 is 76.5 Å². The fraction of sp³-hybridized carbons (Fsp3) is 0.638. The molecule has 33 heteroatoms. The fourth-order valence-corrected chi connectivity index (χ4v) is 9.04.